The molecular weight excluding hydrogens is 530 g/mol. The highest BCUT2D eigenvalue weighted by Crippen LogP contribution is 2.53. The predicted octanol–water partition coefficient (Wildman–Crippen LogP) is 6.07. The second-order valence-corrected chi connectivity index (χ2v) is 12.6. The van der Waals surface area contributed by atoms with Crippen molar-refractivity contribution >= 4 is 38.7 Å². The number of halogens is 1. The van der Waals surface area contributed by atoms with Gasteiger partial charge in [-0.3, -0.25) is 9.59 Å². The van der Waals surface area contributed by atoms with E-state index >= 15 is 0 Å². The van der Waals surface area contributed by atoms with E-state index in [1.807, 2.05) is 76.2 Å². The van der Waals surface area contributed by atoms with E-state index in [1.165, 1.54) is 0 Å². The summed E-state index contributed by atoms with van der Waals surface area (Å²) in [6, 6.07) is 15.4. The maximum Gasteiger partial charge on any atom is 0.312 e. The molecule has 6 nitrogen and oxygen atoms in total. The minimum Gasteiger partial charge on any atom is -0.460 e. The minimum absolute atomic E-state index is 0.151. The van der Waals surface area contributed by atoms with Crippen molar-refractivity contribution in [2.24, 2.45) is 11.1 Å². The summed E-state index contributed by atoms with van der Waals surface area (Å²) in [5.41, 5.74) is 9.02. The van der Waals surface area contributed by atoms with Gasteiger partial charge in [-0.1, -0.05) is 46.3 Å². The number of esters is 1. The van der Waals surface area contributed by atoms with Crippen LogP contribution in [0.2, 0.25) is 0 Å². The Morgan fingerprint density at radius 1 is 1.08 bits per heavy atom. The summed E-state index contributed by atoms with van der Waals surface area (Å²) in [6.07, 6.45) is 3.13. The van der Waals surface area contributed by atoms with Gasteiger partial charge in [0, 0.05) is 21.5 Å². The molecule has 3 aliphatic carbocycles. The van der Waals surface area contributed by atoms with Crippen LogP contribution in [0.4, 0.5) is 0 Å². The van der Waals surface area contributed by atoms with E-state index in [-0.39, 0.29) is 17.9 Å². The second kappa shape index (κ2) is 9.21. The molecule has 0 saturated heterocycles. The molecular formula is C30H34BrN3O3. The summed E-state index contributed by atoms with van der Waals surface area (Å²) >= 11 is 3.56. The number of carbonyl (C=O) groups is 2. The number of nitrogens with two attached hydrogens (primary N) is 1. The van der Waals surface area contributed by atoms with Gasteiger partial charge >= 0.3 is 5.97 Å². The van der Waals surface area contributed by atoms with Crippen LogP contribution in [0, 0.1) is 12.3 Å². The molecule has 0 radical (unpaired) electrons. The van der Waals surface area contributed by atoms with Gasteiger partial charge < -0.3 is 15.8 Å². The maximum absolute atomic E-state index is 14.1. The third-order valence-electron chi connectivity index (χ3n) is 8.08. The number of aromatic nitrogens is 1. The number of rotatable bonds is 4. The molecule has 3 fully saturated rings. The number of hydrogen-bond acceptors (Lipinski definition) is 5. The van der Waals surface area contributed by atoms with Crippen LogP contribution in [0.25, 0.3) is 22.2 Å². The van der Waals surface area contributed by atoms with Gasteiger partial charge in [-0.2, -0.15) is 0 Å². The Bertz CT molecular complexity index is 1370. The van der Waals surface area contributed by atoms with Gasteiger partial charge in [-0.15, -0.1) is 0 Å². The van der Waals surface area contributed by atoms with Gasteiger partial charge in [0.2, 0.25) is 0 Å². The Morgan fingerprint density at radius 2 is 1.76 bits per heavy atom. The SMILES string of the molecule is Cc1c(-c2ccccc2)nc2ccc(Br)cc2c1C(=O)NC12CCC(C(=O)OC(C)(C)C)(CC1)CC2N. The van der Waals surface area contributed by atoms with Crippen LogP contribution >= 0.6 is 15.9 Å². The number of hydrogen-bond donors (Lipinski definition) is 2. The fourth-order valence-corrected chi connectivity index (χ4v) is 6.41. The molecule has 3 N–H and O–H groups in total. The summed E-state index contributed by atoms with van der Waals surface area (Å²) < 4.78 is 6.65. The molecule has 194 valence electrons. The normalized spacial score (nSPS) is 25.2. The fourth-order valence-electron chi connectivity index (χ4n) is 6.05. The number of carbonyl (C=O) groups excluding carboxylic acids is 2. The molecule has 1 aromatic heterocycles. The van der Waals surface area contributed by atoms with Gasteiger partial charge in [0.25, 0.3) is 5.91 Å². The molecule has 0 spiro atoms. The summed E-state index contributed by atoms with van der Waals surface area (Å²) in [7, 11) is 0. The first-order chi connectivity index (χ1) is 17.4. The van der Waals surface area contributed by atoms with Crippen LogP contribution in [0.5, 0.6) is 0 Å². The fraction of sp³-hybridized carbons (Fsp3) is 0.433. The number of ether oxygens (including phenoxy) is 1. The third kappa shape index (κ3) is 4.68. The van der Waals surface area contributed by atoms with Crippen molar-refractivity contribution in [1.82, 2.24) is 10.3 Å². The van der Waals surface area contributed by atoms with Crippen molar-refractivity contribution in [2.45, 2.75) is 77.0 Å². The first-order valence-electron chi connectivity index (χ1n) is 12.9. The van der Waals surface area contributed by atoms with Crippen LogP contribution < -0.4 is 11.1 Å². The smallest absolute Gasteiger partial charge is 0.312 e. The van der Waals surface area contributed by atoms with E-state index in [0.717, 1.165) is 32.2 Å². The third-order valence-corrected chi connectivity index (χ3v) is 8.57. The molecule has 7 heteroatoms. The van der Waals surface area contributed by atoms with Gasteiger partial charge in [0.1, 0.15) is 5.60 Å². The Hall–Kier alpha value is -2.77. The topological polar surface area (TPSA) is 94.3 Å². The van der Waals surface area contributed by atoms with E-state index in [9.17, 15) is 9.59 Å². The van der Waals surface area contributed by atoms with E-state index in [2.05, 4.69) is 21.2 Å². The Balaban J connectivity index is 1.49. The molecule has 0 aliphatic heterocycles. The maximum atomic E-state index is 14.1. The second-order valence-electron chi connectivity index (χ2n) is 11.7. The highest BCUT2D eigenvalue weighted by atomic mass is 79.9. The predicted molar refractivity (Wildman–Crippen MR) is 149 cm³/mol. The Labute approximate surface area is 226 Å². The van der Waals surface area contributed by atoms with Gasteiger partial charge in [0.15, 0.2) is 0 Å². The van der Waals surface area contributed by atoms with Gasteiger partial charge in [-0.05, 0) is 83.6 Å². The molecule has 1 heterocycles. The zero-order chi connectivity index (χ0) is 26.6. The lowest BCUT2D eigenvalue weighted by atomic mass is 9.55. The standard InChI is InChI=1S/C30H34BrN3O3/c1-18-24(21-16-20(31)10-11-22(21)33-25(18)19-8-6-5-7-9-19)26(35)34-30-14-12-29(13-15-30,17-23(30)32)27(36)37-28(2,3)4/h5-11,16,23H,12-15,17,32H2,1-4H3,(H,34,35). The van der Waals surface area contributed by atoms with Crippen molar-refractivity contribution in [3.8, 4) is 11.3 Å². The average molecular weight is 565 g/mol. The first-order valence-corrected chi connectivity index (χ1v) is 13.7. The summed E-state index contributed by atoms with van der Waals surface area (Å²) in [5.74, 6) is -0.314. The monoisotopic (exact) mass is 563 g/mol. The molecule has 1 atom stereocenters. The highest BCUT2D eigenvalue weighted by Gasteiger charge is 2.58. The van der Waals surface area contributed by atoms with Crippen molar-refractivity contribution in [3.05, 3.63) is 64.1 Å². The van der Waals surface area contributed by atoms with Crippen LogP contribution in [-0.2, 0) is 9.53 Å². The molecule has 2 bridgehead atoms. The van der Waals surface area contributed by atoms with E-state index in [4.69, 9.17) is 15.5 Å². The van der Waals surface area contributed by atoms with E-state index < -0.39 is 16.6 Å². The number of nitrogens with zero attached hydrogens (tertiary/aromatic N) is 1. The molecule has 3 aromatic rings. The van der Waals surface area contributed by atoms with Crippen LogP contribution in [0.3, 0.4) is 0 Å². The lowest BCUT2D eigenvalue weighted by Gasteiger charge is -2.55. The summed E-state index contributed by atoms with van der Waals surface area (Å²) in [6.45, 7) is 7.63. The number of amides is 1. The average Bonchev–Trinajstić information content (AvgIpc) is 2.84. The number of fused-ring (bicyclic) bond motifs is 4. The quantitative estimate of drug-likeness (QED) is 0.375. The first kappa shape index (κ1) is 25.9. The van der Waals surface area contributed by atoms with Crippen molar-refractivity contribution < 1.29 is 14.3 Å². The summed E-state index contributed by atoms with van der Waals surface area (Å²) in [4.78, 5) is 32.1. The van der Waals surface area contributed by atoms with Crippen LogP contribution in [0.1, 0.15) is 68.8 Å². The molecule has 1 unspecified atom stereocenters. The minimum atomic E-state index is -0.566. The van der Waals surface area contributed by atoms with Crippen LogP contribution in [0.15, 0.2) is 53.0 Å². The zero-order valence-corrected chi connectivity index (χ0v) is 23.4. The van der Waals surface area contributed by atoms with E-state index in [1.54, 1.807) is 0 Å². The lowest BCUT2D eigenvalue weighted by Crippen LogP contribution is -2.68. The molecule has 2 aromatic carbocycles. The highest BCUT2D eigenvalue weighted by molar-refractivity contribution is 9.10. The largest absolute Gasteiger partial charge is 0.460 e. The van der Waals surface area contributed by atoms with E-state index in [0.29, 0.717) is 37.7 Å². The lowest BCUT2D eigenvalue weighted by molar-refractivity contribution is -0.176. The van der Waals surface area contributed by atoms with Crippen molar-refractivity contribution in [2.75, 3.05) is 0 Å². The van der Waals surface area contributed by atoms with Crippen molar-refractivity contribution in [1.29, 1.82) is 0 Å². The number of pyridine rings is 1. The molecule has 37 heavy (non-hydrogen) atoms. The molecule has 3 aliphatic rings. The Kier molecular flexibility index (Phi) is 6.44. The van der Waals surface area contributed by atoms with Crippen molar-refractivity contribution in [3.63, 3.8) is 0 Å². The number of benzene rings is 2. The molecule has 1 amide bonds. The molecule has 6 rings (SSSR count). The van der Waals surface area contributed by atoms with Crippen LogP contribution in [-0.4, -0.2) is 34.0 Å². The number of nitrogens with one attached hydrogen (secondary N) is 1. The van der Waals surface area contributed by atoms with Gasteiger partial charge in [-0.25, -0.2) is 4.98 Å². The zero-order valence-electron chi connectivity index (χ0n) is 21.9. The van der Waals surface area contributed by atoms with Gasteiger partial charge in [0.05, 0.1) is 27.7 Å². The molecule has 3 saturated carbocycles. The Morgan fingerprint density at radius 3 is 2.38 bits per heavy atom. The summed E-state index contributed by atoms with van der Waals surface area (Å²) in [5, 5.41) is 4.16.